The van der Waals surface area contributed by atoms with Crippen LogP contribution in [-0.4, -0.2) is 55.1 Å². The van der Waals surface area contributed by atoms with Crippen LogP contribution in [0.3, 0.4) is 0 Å². The van der Waals surface area contributed by atoms with Crippen LogP contribution in [0.1, 0.15) is 19.8 Å². The molecule has 82 valence electrons. The summed E-state index contributed by atoms with van der Waals surface area (Å²) in [5, 5.41) is 0. The Hall–Kier alpha value is -0.120. The largest absolute Gasteiger partial charge is 0.327 e. The summed E-state index contributed by atoms with van der Waals surface area (Å²) in [5.74, 6) is 1.04. The Balaban J connectivity index is 1.63. The van der Waals surface area contributed by atoms with Gasteiger partial charge in [0, 0.05) is 45.3 Å². The van der Waals surface area contributed by atoms with Crippen LogP contribution in [0.5, 0.6) is 0 Å². The molecule has 0 unspecified atom stereocenters. The highest BCUT2D eigenvalue weighted by molar-refractivity contribution is 4.81. The molecular weight excluding hydrogens is 174 g/mol. The van der Waals surface area contributed by atoms with Crippen LogP contribution in [-0.2, 0) is 0 Å². The third kappa shape index (κ3) is 3.23. The van der Waals surface area contributed by atoms with E-state index in [2.05, 4.69) is 16.7 Å². The molecule has 1 aliphatic carbocycles. The summed E-state index contributed by atoms with van der Waals surface area (Å²) in [7, 11) is 0. The minimum Gasteiger partial charge on any atom is -0.327 e. The standard InChI is InChI=1S/C11H23N3/c1-10(12)8-13-4-6-14(7-5-13)9-11-2-3-11/h10-11H,2-9,12H2,1H3/t10-/m0/s1. The van der Waals surface area contributed by atoms with E-state index in [0.717, 1.165) is 12.5 Å². The van der Waals surface area contributed by atoms with E-state index in [4.69, 9.17) is 5.73 Å². The Morgan fingerprint density at radius 2 is 1.71 bits per heavy atom. The molecular formula is C11H23N3. The maximum Gasteiger partial charge on any atom is 0.0139 e. The zero-order valence-electron chi connectivity index (χ0n) is 9.28. The summed E-state index contributed by atoms with van der Waals surface area (Å²) < 4.78 is 0. The van der Waals surface area contributed by atoms with Gasteiger partial charge in [-0.05, 0) is 25.7 Å². The highest BCUT2D eigenvalue weighted by atomic mass is 15.3. The SMILES string of the molecule is C[C@H](N)CN1CCN(CC2CC2)CC1. The lowest BCUT2D eigenvalue weighted by atomic mass is 10.2. The van der Waals surface area contributed by atoms with Gasteiger partial charge in [-0.2, -0.15) is 0 Å². The number of rotatable bonds is 4. The van der Waals surface area contributed by atoms with Crippen molar-refractivity contribution in [3.63, 3.8) is 0 Å². The van der Waals surface area contributed by atoms with Crippen LogP contribution in [0.2, 0.25) is 0 Å². The molecule has 1 atom stereocenters. The number of hydrogen-bond acceptors (Lipinski definition) is 3. The smallest absolute Gasteiger partial charge is 0.0139 e. The average Bonchev–Trinajstić information content (AvgIpc) is 2.91. The van der Waals surface area contributed by atoms with Gasteiger partial charge in [0.1, 0.15) is 0 Å². The molecule has 2 N–H and O–H groups in total. The van der Waals surface area contributed by atoms with Crippen LogP contribution in [0.4, 0.5) is 0 Å². The summed E-state index contributed by atoms with van der Waals surface area (Å²) >= 11 is 0. The maximum absolute atomic E-state index is 5.79. The zero-order valence-corrected chi connectivity index (χ0v) is 9.28. The number of nitrogens with zero attached hydrogens (tertiary/aromatic N) is 2. The van der Waals surface area contributed by atoms with E-state index in [1.54, 1.807) is 0 Å². The molecule has 1 heterocycles. The van der Waals surface area contributed by atoms with Crippen molar-refractivity contribution < 1.29 is 0 Å². The van der Waals surface area contributed by atoms with E-state index in [-0.39, 0.29) is 0 Å². The van der Waals surface area contributed by atoms with Gasteiger partial charge >= 0.3 is 0 Å². The molecule has 0 spiro atoms. The third-order valence-electron chi connectivity index (χ3n) is 3.22. The first-order valence-corrected chi connectivity index (χ1v) is 5.94. The van der Waals surface area contributed by atoms with Crippen molar-refractivity contribution in [2.45, 2.75) is 25.8 Å². The van der Waals surface area contributed by atoms with Crippen LogP contribution in [0.15, 0.2) is 0 Å². The van der Waals surface area contributed by atoms with Gasteiger partial charge in [-0.3, -0.25) is 4.90 Å². The van der Waals surface area contributed by atoms with E-state index >= 15 is 0 Å². The average molecular weight is 197 g/mol. The van der Waals surface area contributed by atoms with Crippen molar-refractivity contribution in [3.05, 3.63) is 0 Å². The van der Waals surface area contributed by atoms with E-state index in [0.29, 0.717) is 6.04 Å². The number of hydrogen-bond donors (Lipinski definition) is 1. The second-order valence-corrected chi connectivity index (χ2v) is 5.02. The minimum atomic E-state index is 0.324. The predicted octanol–water partition coefficient (Wildman–Crippen LogP) is 0.361. The molecule has 1 saturated carbocycles. The highest BCUT2D eigenvalue weighted by Crippen LogP contribution is 2.29. The summed E-state index contributed by atoms with van der Waals surface area (Å²) in [6.07, 6.45) is 2.94. The lowest BCUT2D eigenvalue weighted by Gasteiger charge is -2.35. The molecule has 0 radical (unpaired) electrons. The Morgan fingerprint density at radius 3 is 2.21 bits per heavy atom. The summed E-state index contributed by atoms with van der Waals surface area (Å²) in [6, 6.07) is 0.324. The van der Waals surface area contributed by atoms with Gasteiger partial charge in [-0.15, -0.1) is 0 Å². The summed E-state index contributed by atoms with van der Waals surface area (Å²) in [6.45, 7) is 9.45. The minimum absolute atomic E-state index is 0.324. The van der Waals surface area contributed by atoms with Crippen LogP contribution in [0, 0.1) is 5.92 Å². The topological polar surface area (TPSA) is 32.5 Å². The van der Waals surface area contributed by atoms with Crippen molar-refractivity contribution in [1.82, 2.24) is 9.80 Å². The number of nitrogens with two attached hydrogens (primary N) is 1. The van der Waals surface area contributed by atoms with E-state index in [9.17, 15) is 0 Å². The molecule has 0 amide bonds. The normalized spacial score (nSPS) is 27.9. The lowest BCUT2D eigenvalue weighted by Crippen LogP contribution is -2.49. The Morgan fingerprint density at radius 1 is 1.14 bits per heavy atom. The number of piperazine rings is 1. The van der Waals surface area contributed by atoms with E-state index < -0.39 is 0 Å². The molecule has 2 rings (SSSR count). The van der Waals surface area contributed by atoms with Gasteiger partial charge in [0.2, 0.25) is 0 Å². The highest BCUT2D eigenvalue weighted by Gasteiger charge is 2.26. The molecule has 0 bridgehead atoms. The molecule has 1 aliphatic heterocycles. The summed E-state index contributed by atoms with van der Waals surface area (Å²) in [5.41, 5.74) is 5.79. The Bertz CT molecular complexity index is 157. The monoisotopic (exact) mass is 197 g/mol. The van der Waals surface area contributed by atoms with Crippen LogP contribution < -0.4 is 5.73 Å². The molecule has 0 aromatic heterocycles. The second-order valence-electron chi connectivity index (χ2n) is 5.02. The van der Waals surface area contributed by atoms with Gasteiger partial charge < -0.3 is 10.6 Å². The van der Waals surface area contributed by atoms with Gasteiger partial charge in [-0.25, -0.2) is 0 Å². The van der Waals surface area contributed by atoms with Crippen LogP contribution in [0.25, 0.3) is 0 Å². The predicted molar refractivity (Wildman–Crippen MR) is 59.3 cm³/mol. The molecule has 0 aromatic rings. The van der Waals surface area contributed by atoms with Crippen molar-refractivity contribution in [3.8, 4) is 0 Å². The first-order chi connectivity index (χ1) is 6.74. The second kappa shape index (κ2) is 4.60. The van der Waals surface area contributed by atoms with Gasteiger partial charge in [0.25, 0.3) is 0 Å². The van der Waals surface area contributed by atoms with Crippen molar-refractivity contribution in [2.24, 2.45) is 11.7 Å². The third-order valence-corrected chi connectivity index (χ3v) is 3.22. The van der Waals surface area contributed by atoms with Crippen molar-refractivity contribution in [1.29, 1.82) is 0 Å². The fraction of sp³-hybridized carbons (Fsp3) is 1.00. The molecule has 3 heteroatoms. The molecule has 2 fully saturated rings. The zero-order chi connectivity index (χ0) is 9.97. The van der Waals surface area contributed by atoms with Crippen LogP contribution >= 0.6 is 0 Å². The molecule has 0 aromatic carbocycles. The summed E-state index contributed by atoms with van der Waals surface area (Å²) in [4.78, 5) is 5.11. The molecule has 3 nitrogen and oxygen atoms in total. The Kier molecular flexibility index (Phi) is 3.42. The fourth-order valence-corrected chi connectivity index (χ4v) is 2.23. The van der Waals surface area contributed by atoms with Gasteiger partial charge in [0.15, 0.2) is 0 Å². The molecule has 1 saturated heterocycles. The van der Waals surface area contributed by atoms with Gasteiger partial charge in [-0.1, -0.05) is 0 Å². The molecule has 14 heavy (non-hydrogen) atoms. The maximum atomic E-state index is 5.79. The van der Waals surface area contributed by atoms with E-state index in [1.165, 1.54) is 45.6 Å². The first kappa shape index (κ1) is 10.4. The Labute approximate surface area is 87.2 Å². The first-order valence-electron chi connectivity index (χ1n) is 5.94. The lowest BCUT2D eigenvalue weighted by molar-refractivity contribution is 0.125. The quantitative estimate of drug-likeness (QED) is 0.706. The van der Waals surface area contributed by atoms with Crippen molar-refractivity contribution >= 4 is 0 Å². The fourth-order valence-electron chi connectivity index (χ4n) is 2.23. The van der Waals surface area contributed by atoms with Gasteiger partial charge in [0.05, 0.1) is 0 Å². The van der Waals surface area contributed by atoms with E-state index in [1.807, 2.05) is 0 Å². The molecule has 2 aliphatic rings. The van der Waals surface area contributed by atoms with Crippen molar-refractivity contribution in [2.75, 3.05) is 39.3 Å².